The van der Waals surface area contributed by atoms with E-state index in [0.29, 0.717) is 5.78 Å². The Hall–Kier alpha value is -2.68. The highest BCUT2D eigenvalue weighted by atomic mass is 16.1. The normalized spacial score (nSPS) is 23.9. The fourth-order valence-electron chi connectivity index (χ4n) is 4.36. The SMILES string of the molecule is C[C@@]12Cc3[nH]c(-c4ccncc4)c(Cc4ccccc4)c3C(=O)[C@@H]1C2. The number of ketones is 1. The van der Waals surface area contributed by atoms with Crippen molar-refractivity contribution in [3.05, 3.63) is 77.2 Å². The van der Waals surface area contributed by atoms with Crippen molar-refractivity contribution in [2.24, 2.45) is 11.3 Å². The molecule has 0 unspecified atom stereocenters. The van der Waals surface area contributed by atoms with E-state index in [1.54, 1.807) is 0 Å². The minimum absolute atomic E-state index is 0.175. The van der Waals surface area contributed by atoms with Crippen molar-refractivity contribution in [2.75, 3.05) is 0 Å². The van der Waals surface area contributed by atoms with E-state index in [2.05, 4.69) is 41.2 Å². The number of pyridine rings is 1. The molecule has 0 spiro atoms. The Morgan fingerprint density at radius 3 is 2.68 bits per heavy atom. The minimum Gasteiger partial charge on any atom is -0.358 e. The molecule has 0 radical (unpaired) electrons. The first kappa shape index (κ1) is 14.6. The van der Waals surface area contributed by atoms with Crippen LogP contribution in [0.15, 0.2) is 54.9 Å². The number of aromatic amines is 1. The van der Waals surface area contributed by atoms with E-state index >= 15 is 0 Å². The smallest absolute Gasteiger partial charge is 0.168 e. The van der Waals surface area contributed by atoms with Gasteiger partial charge >= 0.3 is 0 Å². The van der Waals surface area contributed by atoms with Gasteiger partial charge in [0.25, 0.3) is 0 Å². The van der Waals surface area contributed by atoms with Crippen LogP contribution in [0.5, 0.6) is 0 Å². The molecule has 0 saturated heterocycles. The van der Waals surface area contributed by atoms with Gasteiger partial charge in [0.05, 0.1) is 5.69 Å². The molecule has 25 heavy (non-hydrogen) atoms. The van der Waals surface area contributed by atoms with E-state index in [-0.39, 0.29) is 11.3 Å². The monoisotopic (exact) mass is 328 g/mol. The molecule has 2 atom stereocenters. The third-order valence-corrected chi connectivity index (χ3v) is 5.87. The van der Waals surface area contributed by atoms with Gasteiger partial charge < -0.3 is 4.98 Å². The number of benzene rings is 1. The number of hydrogen-bond acceptors (Lipinski definition) is 2. The summed E-state index contributed by atoms with van der Waals surface area (Å²) in [7, 11) is 0. The van der Waals surface area contributed by atoms with Gasteiger partial charge in [0.15, 0.2) is 5.78 Å². The summed E-state index contributed by atoms with van der Waals surface area (Å²) in [5.74, 6) is 0.557. The summed E-state index contributed by atoms with van der Waals surface area (Å²) in [5.41, 5.74) is 6.81. The number of carbonyl (C=O) groups excluding carboxylic acids is 1. The zero-order valence-electron chi connectivity index (χ0n) is 14.3. The van der Waals surface area contributed by atoms with Crippen molar-refractivity contribution < 1.29 is 4.79 Å². The molecule has 1 N–H and O–H groups in total. The van der Waals surface area contributed by atoms with Gasteiger partial charge in [-0.3, -0.25) is 9.78 Å². The molecule has 2 heterocycles. The summed E-state index contributed by atoms with van der Waals surface area (Å²) in [6, 6.07) is 14.4. The standard InChI is InChI=1S/C22H20N2O/c1-22-12-17(22)21(25)19-16(11-14-5-3-2-4-6-14)20(24-18(19)13-22)15-7-9-23-10-8-15/h2-10,17,24H,11-13H2,1H3/t17-,22+/m0/s1. The van der Waals surface area contributed by atoms with E-state index in [9.17, 15) is 4.79 Å². The Kier molecular flexibility index (Phi) is 3.02. The number of nitrogens with zero attached hydrogens (tertiary/aromatic N) is 1. The maximum atomic E-state index is 13.1. The molecular formula is C22H20N2O. The molecule has 2 aliphatic carbocycles. The van der Waals surface area contributed by atoms with E-state index in [0.717, 1.165) is 47.3 Å². The lowest BCUT2D eigenvalue weighted by Gasteiger charge is -2.17. The molecule has 2 aliphatic rings. The average molecular weight is 328 g/mol. The number of Topliss-reactive ketones (excluding diaryl/α,β-unsaturated/α-hetero) is 1. The van der Waals surface area contributed by atoms with Crippen LogP contribution in [0, 0.1) is 11.3 Å². The Morgan fingerprint density at radius 1 is 1.16 bits per heavy atom. The number of nitrogens with one attached hydrogen (secondary N) is 1. The molecule has 2 aromatic heterocycles. The summed E-state index contributed by atoms with van der Waals surface area (Å²) in [4.78, 5) is 20.8. The van der Waals surface area contributed by atoms with Gasteiger partial charge in [0, 0.05) is 41.6 Å². The topological polar surface area (TPSA) is 45.8 Å². The number of rotatable bonds is 3. The molecule has 5 rings (SSSR count). The first-order chi connectivity index (χ1) is 12.2. The van der Waals surface area contributed by atoms with Crippen LogP contribution in [0.1, 0.15) is 40.5 Å². The summed E-state index contributed by atoms with van der Waals surface area (Å²) in [5, 5.41) is 0. The minimum atomic E-state index is 0.175. The van der Waals surface area contributed by atoms with Gasteiger partial charge in [-0.2, -0.15) is 0 Å². The molecule has 3 nitrogen and oxygen atoms in total. The number of carbonyl (C=O) groups is 1. The number of hydrogen-bond donors (Lipinski definition) is 1. The first-order valence-electron chi connectivity index (χ1n) is 8.88. The lowest BCUT2D eigenvalue weighted by molar-refractivity contribution is 0.0939. The second-order valence-corrected chi connectivity index (χ2v) is 7.68. The predicted molar refractivity (Wildman–Crippen MR) is 97.5 cm³/mol. The largest absolute Gasteiger partial charge is 0.358 e. The van der Waals surface area contributed by atoms with E-state index in [4.69, 9.17) is 0 Å². The molecule has 1 fully saturated rings. The Balaban J connectivity index is 1.68. The van der Waals surface area contributed by atoms with E-state index in [1.165, 1.54) is 5.56 Å². The van der Waals surface area contributed by atoms with Crippen molar-refractivity contribution in [3.63, 3.8) is 0 Å². The van der Waals surface area contributed by atoms with Crippen molar-refractivity contribution in [2.45, 2.75) is 26.2 Å². The second-order valence-electron chi connectivity index (χ2n) is 7.68. The van der Waals surface area contributed by atoms with Crippen molar-refractivity contribution in [3.8, 4) is 11.3 Å². The summed E-state index contributed by atoms with van der Waals surface area (Å²) >= 11 is 0. The van der Waals surface area contributed by atoms with Crippen LogP contribution in [0.25, 0.3) is 11.3 Å². The summed E-state index contributed by atoms with van der Waals surface area (Å²) in [6.45, 7) is 2.24. The van der Waals surface area contributed by atoms with Gasteiger partial charge in [0.1, 0.15) is 0 Å². The van der Waals surface area contributed by atoms with Crippen LogP contribution in [0.3, 0.4) is 0 Å². The average Bonchev–Trinajstić information content (AvgIpc) is 3.20. The van der Waals surface area contributed by atoms with E-state index < -0.39 is 0 Å². The molecular weight excluding hydrogens is 308 g/mol. The van der Waals surface area contributed by atoms with Crippen LogP contribution < -0.4 is 0 Å². The molecule has 0 bridgehead atoms. The maximum Gasteiger partial charge on any atom is 0.168 e. The molecule has 0 aliphatic heterocycles. The molecule has 1 saturated carbocycles. The summed E-state index contributed by atoms with van der Waals surface area (Å²) in [6.07, 6.45) is 6.40. The van der Waals surface area contributed by atoms with Gasteiger partial charge in [-0.1, -0.05) is 37.3 Å². The Morgan fingerprint density at radius 2 is 1.92 bits per heavy atom. The lowest BCUT2D eigenvalue weighted by atomic mass is 9.84. The van der Waals surface area contributed by atoms with Crippen LogP contribution in [-0.2, 0) is 12.8 Å². The number of H-pyrrole nitrogens is 1. The van der Waals surface area contributed by atoms with Crippen molar-refractivity contribution >= 4 is 5.78 Å². The Labute approximate surface area is 147 Å². The van der Waals surface area contributed by atoms with Gasteiger partial charge in [-0.25, -0.2) is 0 Å². The quantitative estimate of drug-likeness (QED) is 0.773. The van der Waals surface area contributed by atoms with Crippen molar-refractivity contribution in [1.82, 2.24) is 9.97 Å². The summed E-state index contributed by atoms with van der Waals surface area (Å²) < 4.78 is 0. The predicted octanol–water partition coefficient (Wildman–Crippen LogP) is 4.43. The van der Waals surface area contributed by atoms with Crippen LogP contribution in [0.4, 0.5) is 0 Å². The fourth-order valence-corrected chi connectivity index (χ4v) is 4.36. The molecule has 1 aromatic carbocycles. The second kappa shape index (κ2) is 5.16. The van der Waals surface area contributed by atoms with Crippen LogP contribution >= 0.6 is 0 Å². The molecule has 0 amide bonds. The molecule has 3 heteroatoms. The van der Waals surface area contributed by atoms with Gasteiger partial charge in [-0.15, -0.1) is 0 Å². The zero-order chi connectivity index (χ0) is 17.0. The van der Waals surface area contributed by atoms with Crippen LogP contribution in [0.2, 0.25) is 0 Å². The maximum absolute atomic E-state index is 13.1. The lowest BCUT2D eigenvalue weighted by Crippen LogP contribution is -2.20. The first-order valence-corrected chi connectivity index (χ1v) is 8.88. The van der Waals surface area contributed by atoms with Crippen molar-refractivity contribution in [1.29, 1.82) is 0 Å². The third-order valence-electron chi connectivity index (χ3n) is 5.87. The highest BCUT2D eigenvalue weighted by molar-refractivity contribution is 6.05. The molecule has 124 valence electrons. The fraction of sp³-hybridized carbons (Fsp3) is 0.273. The molecule has 3 aromatic rings. The highest BCUT2D eigenvalue weighted by Gasteiger charge is 2.58. The highest BCUT2D eigenvalue weighted by Crippen LogP contribution is 2.59. The van der Waals surface area contributed by atoms with Gasteiger partial charge in [-0.05, 0) is 41.5 Å². The third kappa shape index (κ3) is 2.26. The van der Waals surface area contributed by atoms with Crippen LogP contribution in [-0.4, -0.2) is 15.8 Å². The number of aromatic nitrogens is 2. The number of fused-ring (bicyclic) bond motifs is 2. The van der Waals surface area contributed by atoms with E-state index in [1.807, 2.05) is 30.6 Å². The Bertz CT molecular complexity index is 958. The zero-order valence-corrected chi connectivity index (χ0v) is 14.3. The van der Waals surface area contributed by atoms with Gasteiger partial charge in [0.2, 0.25) is 0 Å².